The van der Waals surface area contributed by atoms with Crippen LogP contribution in [-0.4, -0.2) is 17.7 Å². The summed E-state index contributed by atoms with van der Waals surface area (Å²) >= 11 is 0. The van der Waals surface area contributed by atoms with E-state index in [1.807, 2.05) is 0 Å². The lowest BCUT2D eigenvalue weighted by molar-refractivity contribution is 0.0842. The molecular formula is C15H16N2O. The molecule has 18 heavy (non-hydrogen) atoms. The molecule has 2 aliphatic heterocycles. The van der Waals surface area contributed by atoms with Crippen molar-refractivity contribution in [1.82, 2.24) is 9.88 Å². The normalized spacial score (nSPS) is 25.3. The lowest BCUT2D eigenvalue weighted by Gasteiger charge is -2.28. The number of nitrogens with zero attached hydrogens (tertiary/aromatic N) is 1. The van der Waals surface area contributed by atoms with Crippen LogP contribution in [0.1, 0.15) is 17.7 Å². The molecule has 1 spiro atoms. The van der Waals surface area contributed by atoms with Crippen molar-refractivity contribution in [2.75, 3.05) is 13.1 Å². The second kappa shape index (κ2) is 3.62. The Balaban J connectivity index is 1.92. The Morgan fingerprint density at radius 1 is 1.17 bits per heavy atom. The van der Waals surface area contributed by atoms with Crippen molar-refractivity contribution in [3.63, 3.8) is 0 Å². The SMILES string of the molecule is c1ccc2c(c1)Cn1cccc1C1(CCNC1)O2. The molecule has 1 aromatic carbocycles. The molecule has 1 unspecified atom stereocenters. The van der Waals surface area contributed by atoms with Crippen LogP contribution in [0.5, 0.6) is 5.75 Å². The fourth-order valence-electron chi connectivity index (χ4n) is 3.12. The van der Waals surface area contributed by atoms with Gasteiger partial charge in [-0.15, -0.1) is 0 Å². The highest BCUT2D eigenvalue weighted by atomic mass is 16.5. The van der Waals surface area contributed by atoms with Crippen LogP contribution in [0.15, 0.2) is 42.6 Å². The van der Waals surface area contributed by atoms with Gasteiger partial charge >= 0.3 is 0 Å². The smallest absolute Gasteiger partial charge is 0.162 e. The fraction of sp³-hybridized carbons (Fsp3) is 0.333. The van der Waals surface area contributed by atoms with Gasteiger partial charge in [0.2, 0.25) is 0 Å². The summed E-state index contributed by atoms with van der Waals surface area (Å²) in [4.78, 5) is 0. The Morgan fingerprint density at radius 2 is 2.11 bits per heavy atom. The van der Waals surface area contributed by atoms with Crippen LogP contribution in [0.3, 0.4) is 0 Å². The molecule has 92 valence electrons. The van der Waals surface area contributed by atoms with Crippen molar-refractivity contribution in [3.8, 4) is 5.75 Å². The van der Waals surface area contributed by atoms with E-state index in [1.165, 1.54) is 11.3 Å². The molecule has 2 aromatic rings. The van der Waals surface area contributed by atoms with Gasteiger partial charge in [0, 0.05) is 24.7 Å². The third-order valence-corrected chi connectivity index (χ3v) is 4.03. The molecule has 3 heterocycles. The third-order valence-electron chi connectivity index (χ3n) is 4.03. The van der Waals surface area contributed by atoms with E-state index in [4.69, 9.17) is 4.74 Å². The first-order chi connectivity index (χ1) is 8.87. The molecule has 4 rings (SSSR count). The molecule has 1 atom stereocenters. The molecule has 0 aliphatic carbocycles. The van der Waals surface area contributed by atoms with Gasteiger partial charge in [-0.25, -0.2) is 0 Å². The maximum absolute atomic E-state index is 6.41. The zero-order chi connectivity index (χ0) is 12.0. The van der Waals surface area contributed by atoms with Crippen LogP contribution in [0.4, 0.5) is 0 Å². The number of aromatic nitrogens is 1. The van der Waals surface area contributed by atoms with Gasteiger partial charge in [-0.2, -0.15) is 0 Å². The number of para-hydroxylation sites is 1. The molecule has 1 N–H and O–H groups in total. The second-order valence-electron chi connectivity index (χ2n) is 5.15. The monoisotopic (exact) mass is 240 g/mol. The van der Waals surface area contributed by atoms with E-state index in [1.54, 1.807) is 0 Å². The van der Waals surface area contributed by atoms with Crippen LogP contribution in [-0.2, 0) is 12.1 Å². The maximum atomic E-state index is 6.41. The predicted octanol–water partition coefficient (Wildman–Crippen LogP) is 2.12. The molecular weight excluding hydrogens is 224 g/mol. The van der Waals surface area contributed by atoms with Crippen molar-refractivity contribution in [2.45, 2.75) is 18.6 Å². The van der Waals surface area contributed by atoms with E-state index in [2.05, 4.69) is 52.5 Å². The average molecular weight is 240 g/mol. The second-order valence-corrected chi connectivity index (χ2v) is 5.15. The summed E-state index contributed by atoms with van der Waals surface area (Å²) < 4.78 is 8.73. The highest BCUT2D eigenvalue weighted by molar-refractivity contribution is 5.38. The average Bonchev–Trinajstić information content (AvgIpc) is 2.99. The Bertz CT molecular complexity index is 582. The summed E-state index contributed by atoms with van der Waals surface area (Å²) in [6.45, 7) is 2.82. The molecule has 3 heteroatoms. The maximum Gasteiger partial charge on any atom is 0.162 e. The Labute approximate surface area is 106 Å². The molecule has 3 nitrogen and oxygen atoms in total. The Kier molecular flexibility index (Phi) is 2.06. The van der Waals surface area contributed by atoms with E-state index in [0.29, 0.717) is 0 Å². The lowest BCUT2D eigenvalue weighted by Crippen LogP contribution is -2.36. The van der Waals surface area contributed by atoms with Crippen molar-refractivity contribution in [3.05, 3.63) is 53.9 Å². The van der Waals surface area contributed by atoms with Gasteiger partial charge in [0.25, 0.3) is 0 Å². The largest absolute Gasteiger partial charge is 0.479 e. The van der Waals surface area contributed by atoms with E-state index in [0.717, 1.165) is 31.8 Å². The zero-order valence-corrected chi connectivity index (χ0v) is 10.2. The van der Waals surface area contributed by atoms with Crippen LogP contribution in [0.25, 0.3) is 0 Å². The number of hydrogen-bond donors (Lipinski definition) is 1. The quantitative estimate of drug-likeness (QED) is 0.763. The molecule has 1 saturated heterocycles. The fourth-order valence-corrected chi connectivity index (χ4v) is 3.12. The van der Waals surface area contributed by atoms with Crippen LogP contribution >= 0.6 is 0 Å². The molecule has 0 radical (unpaired) electrons. The molecule has 1 fully saturated rings. The number of fused-ring (bicyclic) bond motifs is 3. The summed E-state index contributed by atoms with van der Waals surface area (Å²) in [7, 11) is 0. The summed E-state index contributed by atoms with van der Waals surface area (Å²) in [5, 5.41) is 3.43. The zero-order valence-electron chi connectivity index (χ0n) is 10.2. The van der Waals surface area contributed by atoms with Gasteiger partial charge in [0.05, 0.1) is 12.2 Å². The van der Waals surface area contributed by atoms with Crippen LogP contribution < -0.4 is 10.1 Å². The molecule has 0 saturated carbocycles. The first kappa shape index (κ1) is 10.2. The highest BCUT2D eigenvalue weighted by Crippen LogP contribution is 2.38. The molecule has 0 amide bonds. The molecule has 0 bridgehead atoms. The van der Waals surface area contributed by atoms with Gasteiger partial charge in [-0.05, 0) is 24.7 Å². The van der Waals surface area contributed by atoms with Crippen molar-refractivity contribution < 1.29 is 4.74 Å². The van der Waals surface area contributed by atoms with Gasteiger partial charge in [0.1, 0.15) is 5.75 Å². The number of nitrogens with one attached hydrogen (secondary N) is 1. The van der Waals surface area contributed by atoms with Crippen molar-refractivity contribution >= 4 is 0 Å². The third kappa shape index (κ3) is 1.34. The van der Waals surface area contributed by atoms with Gasteiger partial charge in [0.15, 0.2) is 5.60 Å². The lowest BCUT2D eigenvalue weighted by atomic mass is 9.98. The van der Waals surface area contributed by atoms with Crippen LogP contribution in [0, 0.1) is 0 Å². The molecule has 2 aliphatic rings. The first-order valence-electron chi connectivity index (χ1n) is 6.51. The minimum absolute atomic E-state index is 0.184. The van der Waals surface area contributed by atoms with E-state index >= 15 is 0 Å². The summed E-state index contributed by atoms with van der Waals surface area (Å²) in [6.07, 6.45) is 3.19. The highest BCUT2D eigenvalue weighted by Gasteiger charge is 2.41. The van der Waals surface area contributed by atoms with Gasteiger partial charge in [-0.3, -0.25) is 0 Å². The summed E-state index contributed by atoms with van der Waals surface area (Å²) in [5.41, 5.74) is 2.37. The van der Waals surface area contributed by atoms with E-state index < -0.39 is 0 Å². The molecule has 1 aromatic heterocycles. The standard InChI is InChI=1S/C15H16N2O/c1-2-5-13-12(4-1)10-17-9-3-6-14(17)15(18-13)7-8-16-11-15/h1-6,9,16H,7-8,10-11H2. The Morgan fingerprint density at radius 3 is 3.00 bits per heavy atom. The van der Waals surface area contributed by atoms with Crippen molar-refractivity contribution in [2.24, 2.45) is 0 Å². The minimum atomic E-state index is -0.184. The first-order valence-corrected chi connectivity index (χ1v) is 6.51. The predicted molar refractivity (Wildman–Crippen MR) is 69.8 cm³/mol. The number of ether oxygens (including phenoxy) is 1. The number of benzene rings is 1. The minimum Gasteiger partial charge on any atom is -0.479 e. The van der Waals surface area contributed by atoms with Crippen molar-refractivity contribution in [1.29, 1.82) is 0 Å². The van der Waals surface area contributed by atoms with Gasteiger partial charge < -0.3 is 14.6 Å². The number of hydrogen-bond acceptors (Lipinski definition) is 2. The number of rotatable bonds is 0. The van der Waals surface area contributed by atoms with E-state index in [9.17, 15) is 0 Å². The summed E-state index contributed by atoms with van der Waals surface area (Å²) in [6, 6.07) is 12.7. The topological polar surface area (TPSA) is 26.2 Å². The van der Waals surface area contributed by atoms with Gasteiger partial charge in [-0.1, -0.05) is 18.2 Å². The van der Waals surface area contributed by atoms with Crippen LogP contribution in [0.2, 0.25) is 0 Å². The summed E-state index contributed by atoms with van der Waals surface area (Å²) in [5.74, 6) is 1.03. The van der Waals surface area contributed by atoms with E-state index in [-0.39, 0.29) is 5.60 Å². The Hall–Kier alpha value is -1.74.